The highest BCUT2D eigenvalue weighted by atomic mass is 35.5. The number of nitrogens with one attached hydrogen (secondary N) is 1. The number of anilines is 2. The molecule has 2 aromatic carbocycles. The highest BCUT2D eigenvalue weighted by Crippen LogP contribution is 2.45. The van der Waals surface area contributed by atoms with Gasteiger partial charge in [-0.3, -0.25) is 0 Å². The van der Waals surface area contributed by atoms with Gasteiger partial charge in [0, 0.05) is 42.8 Å². The maximum absolute atomic E-state index is 5.78. The largest absolute Gasteiger partial charge is 0.497 e. The van der Waals surface area contributed by atoms with E-state index in [1.54, 1.807) is 7.11 Å². The van der Waals surface area contributed by atoms with Crippen LogP contribution >= 0.6 is 12.4 Å². The molecule has 3 aliphatic rings. The predicted molar refractivity (Wildman–Crippen MR) is 124 cm³/mol. The predicted octanol–water partition coefficient (Wildman–Crippen LogP) is 4.60. The third-order valence-electron chi connectivity index (χ3n) is 6.58. The van der Waals surface area contributed by atoms with Crippen LogP contribution in [0.15, 0.2) is 54.7 Å². The molecule has 0 radical (unpaired) electrons. The second kappa shape index (κ2) is 7.61. The molecule has 31 heavy (non-hydrogen) atoms. The molecule has 3 aliphatic heterocycles. The van der Waals surface area contributed by atoms with Gasteiger partial charge in [-0.2, -0.15) is 0 Å². The number of hydrogen-bond donors (Lipinski definition) is 1. The Morgan fingerprint density at radius 1 is 0.968 bits per heavy atom. The number of benzene rings is 2. The molecular weight excluding hydrogens is 414 g/mol. The highest BCUT2D eigenvalue weighted by Gasteiger charge is 2.41. The molecule has 1 N–H and O–H groups in total. The molecule has 0 saturated carbocycles. The Hall–Kier alpha value is -2.99. The molecule has 0 amide bonds. The van der Waals surface area contributed by atoms with Crippen molar-refractivity contribution in [2.24, 2.45) is 0 Å². The van der Waals surface area contributed by atoms with E-state index in [0.717, 1.165) is 48.9 Å². The van der Waals surface area contributed by atoms with E-state index in [2.05, 4.69) is 57.4 Å². The molecule has 3 aromatic rings. The van der Waals surface area contributed by atoms with Gasteiger partial charge in [0.2, 0.25) is 0 Å². The maximum Gasteiger partial charge on any atom is 0.163 e. The summed E-state index contributed by atoms with van der Waals surface area (Å²) in [4.78, 5) is 2.44. The van der Waals surface area contributed by atoms with E-state index in [4.69, 9.17) is 14.2 Å². The van der Waals surface area contributed by atoms with Crippen LogP contribution in [0.2, 0.25) is 0 Å². The second-order valence-electron chi connectivity index (χ2n) is 8.17. The van der Waals surface area contributed by atoms with Crippen molar-refractivity contribution in [3.05, 3.63) is 60.4 Å². The number of aromatic nitrogens is 1. The number of rotatable bonds is 2. The van der Waals surface area contributed by atoms with E-state index >= 15 is 0 Å². The molecular formula is C24H26ClN3O3. The van der Waals surface area contributed by atoms with Gasteiger partial charge in [-0.15, -0.1) is 12.4 Å². The number of hydrogen-bond acceptors (Lipinski definition) is 5. The summed E-state index contributed by atoms with van der Waals surface area (Å²) >= 11 is 0. The van der Waals surface area contributed by atoms with E-state index in [9.17, 15) is 0 Å². The minimum absolute atomic E-state index is 0. The number of piperidine rings is 1. The summed E-state index contributed by atoms with van der Waals surface area (Å²) in [6.07, 6.45) is 4.20. The van der Waals surface area contributed by atoms with Crippen LogP contribution in [0.3, 0.4) is 0 Å². The molecule has 6 nitrogen and oxygen atoms in total. The molecule has 0 atom stereocenters. The van der Waals surface area contributed by atoms with Crippen molar-refractivity contribution in [1.29, 1.82) is 0 Å². The minimum atomic E-state index is -0.0762. The molecule has 4 heterocycles. The maximum atomic E-state index is 5.78. The van der Waals surface area contributed by atoms with Crippen LogP contribution in [0, 0.1) is 0 Å². The molecule has 1 saturated heterocycles. The standard InChI is InChI=1S/C24H25N3O3.ClH/c1-28-18-5-6-20-19(16-18)25-24(23-3-2-10-27(20)23)8-11-26(12-9-24)17-4-7-21-22(15-17)30-14-13-29-21;/h2-7,10,15-16,25H,8-9,11-14H2,1H3;1H. The van der Waals surface area contributed by atoms with E-state index in [1.807, 2.05) is 12.1 Å². The molecule has 6 rings (SSSR count). The van der Waals surface area contributed by atoms with Crippen molar-refractivity contribution in [3.8, 4) is 22.9 Å². The number of methoxy groups -OCH3 is 1. The lowest BCUT2D eigenvalue weighted by molar-refractivity contribution is 0.171. The number of nitrogens with zero attached hydrogens (tertiary/aromatic N) is 2. The van der Waals surface area contributed by atoms with Crippen molar-refractivity contribution in [2.75, 3.05) is 43.6 Å². The molecule has 7 heteroatoms. The van der Waals surface area contributed by atoms with E-state index < -0.39 is 0 Å². The van der Waals surface area contributed by atoms with Crippen LogP contribution in [0.5, 0.6) is 17.2 Å². The fourth-order valence-electron chi connectivity index (χ4n) is 5.01. The van der Waals surface area contributed by atoms with Gasteiger partial charge >= 0.3 is 0 Å². The van der Waals surface area contributed by atoms with Gasteiger partial charge in [-0.1, -0.05) is 0 Å². The first-order valence-corrected chi connectivity index (χ1v) is 10.5. The monoisotopic (exact) mass is 439 g/mol. The first-order valence-electron chi connectivity index (χ1n) is 10.5. The molecule has 0 unspecified atom stereocenters. The van der Waals surface area contributed by atoms with Crippen LogP contribution < -0.4 is 24.4 Å². The summed E-state index contributed by atoms with van der Waals surface area (Å²) in [6.45, 7) is 3.17. The topological polar surface area (TPSA) is 47.9 Å². The summed E-state index contributed by atoms with van der Waals surface area (Å²) in [5.41, 5.74) is 4.76. The van der Waals surface area contributed by atoms with Crippen LogP contribution in [0.4, 0.5) is 11.4 Å². The molecule has 162 valence electrons. The van der Waals surface area contributed by atoms with Crippen LogP contribution in [-0.4, -0.2) is 38.0 Å². The van der Waals surface area contributed by atoms with Crippen molar-refractivity contribution in [1.82, 2.24) is 4.57 Å². The second-order valence-corrected chi connectivity index (χ2v) is 8.17. The van der Waals surface area contributed by atoms with E-state index in [0.29, 0.717) is 13.2 Å². The van der Waals surface area contributed by atoms with Gasteiger partial charge in [-0.05, 0) is 49.2 Å². The first kappa shape index (κ1) is 19.9. The SMILES string of the molecule is COc1ccc2c(c1)NC1(CCN(c3ccc4c(c3)OCCO4)CC1)c1cccn1-2.Cl. The summed E-state index contributed by atoms with van der Waals surface area (Å²) in [7, 11) is 1.72. The zero-order valence-corrected chi connectivity index (χ0v) is 18.3. The van der Waals surface area contributed by atoms with Gasteiger partial charge in [0.25, 0.3) is 0 Å². The smallest absolute Gasteiger partial charge is 0.163 e. The Morgan fingerprint density at radius 2 is 1.77 bits per heavy atom. The van der Waals surface area contributed by atoms with Crippen molar-refractivity contribution in [2.45, 2.75) is 18.4 Å². The lowest BCUT2D eigenvalue weighted by Crippen LogP contribution is -2.49. The number of halogens is 1. The summed E-state index contributed by atoms with van der Waals surface area (Å²) in [5.74, 6) is 2.57. The summed E-state index contributed by atoms with van der Waals surface area (Å²) in [5, 5.41) is 3.88. The fraction of sp³-hybridized carbons (Fsp3) is 0.333. The Labute approximate surface area is 188 Å². The lowest BCUT2D eigenvalue weighted by Gasteiger charge is -2.47. The Bertz CT molecular complexity index is 1110. The normalized spacial score (nSPS) is 17.8. The molecule has 0 aliphatic carbocycles. The third-order valence-corrected chi connectivity index (χ3v) is 6.58. The van der Waals surface area contributed by atoms with Crippen molar-refractivity contribution >= 4 is 23.8 Å². The minimum Gasteiger partial charge on any atom is -0.497 e. The molecule has 1 spiro atoms. The van der Waals surface area contributed by atoms with Gasteiger partial charge < -0.3 is 29.0 Å². The van der Waals surface area contributed by atoms with E-state index in [1.165, 1.54) is 17.1 Å². The summed E-state index contributed by atoms with van der Waals surface area (Å²) < 4.78 is 19.2. The zero-order valence-electron chi connectivity index (χ0n) is 17.5. The van der Waals surface area contributed by atoms with Gasteiger partial charge in [0.05, 0.1) is 24.0 Å². The van der Waals surface area contributed by atoms with Gasteiger partial charge in [-0.25, -0.2) is 0 Å². The number of ether oxygens (including phenoxy) is 3. The zero-order chi connectivity index (χ0) is 20.1. The van der Waals surface area contributed by atoms with Crippen LogP contribution in [-0.2, 0) is 5.54 Å². The average Bonchev–Trinajstić information content (AvgIpc) is 3.30. The van der Waals surface area contributed by atoms with Crippen molar-refractivity contribution < 1.29 is 14.2 Å². The third kappa shape index (κ3) is 3.17. The summed E-state index contributed by atoms with van der Waals surface area (Å²) in [6, 6.07) is 16.9. The molecule has 1 fully saturated rings. The Morgan fingerprint density at radius 3 is 2.58 bits per heavy atom. The lowest BCUT2D eigenvalue weighted by atomic mass is 9.82. The van der Waals surface area contributed by atoms with Gasteiger partial charge in [0.15, 0.2) is 11.5 Å². The average molecular weight is 440 g/mol. The fourth-order valence-corrected chi connectivity index (χ4v) is 5.01. The van der Waals surface area contributed by atoms with E-state index in [-0.39, 0.29) is 17.9 Å². The molecule has 1 aromatic heterocycles. The highest BCUT2D eigenvalue weighted by molar-refractivity contribution is 5.85. The van der Waals surface area contributed by atoms with Crippen molar-refractivity contribution in [3.63, 3.8) is 0 Å². The Kier molecular flexibility index (Phi) is 4.89. The van der Waals surface area contributed by atoms with Crippen LogP contribution in [0.25, 0.3) is 5.69 Å². The molecule has 0 bridgehead atoms. The quantitative estimate of drug-likeness (QED) is 0.632. The number of fused-ring (bicyclic) bond motifs is 5. The van der Waals surface area contributed by atoms with Crippen LogP contribution in [0.1, 0.15) is 18.5 Å². The first-order chi connectivity index (χ1) is 14.8. The Balaban J connectivity index is 0.00000204. The van der Waals surface area contributed by atoms with Gasteiger partial charge in [0.1, 0.15) is 19.0 Å².